The SMILES string of the molecule is NCCN1CCN2C(=C1c1ccc(Cl)cc1)c1ccc(C(F)(F)F)cc1[N+]2=O. The van der Waals surface area contributed by atoms with E-state index in [-0.39, 0.29) is 5.69 Å². The summed E-state index contributed by atoms with van der Waals surface area (Å²) >= 11 is 6.00. The average Bonchev–Trinajstić information content (AvgIpc) is 2.94. The molecule has 0 saturated heterocycles. The molecule has 9 heteroatoms. The van der Waals surface area contributed by atoms with Gasteiger partial charge in [0.15, 0.2) is 4.87 Å². The van der Waals surface area contributed by atoms with E-state index in [0.29, 0.717) is 47.3 Å². The summed E-state index contributed by atoms with van der Waals surface area (Å²) in [5, 5.41) is 2.04. The van der Waals surface area contributed by atoms with Gasteiger partial charge < -0.3 is 10.6 Å². The minimum Gasteiger partial charge on any atom is -0.366 e. The lowest BCUT2D eigenvalue weighted by molar-refractivity contribution is -0.612. The number of halogens is 4. The fraction of sp³-hybridized carbons (Fsp3) is 0.263. The molecule has 0 unspecified atom stereocenters. The Bertz CT molecular complexity index is 972. The second kappa shape index (κ2) is 6.79. The van der Waals surface area contributed by atoms with Crippen LogP contribution in [-0.2, 0) is 6.18 Å². The molecule has 0 bridgehead atoms. The van der Waals surface area contributed by atoms with Gasteiger partial charge in [-0.2, -0.15) is 13.2 Å². The third kappa shape index (κ3) is 3.02. The molecule has 0 amide bonds. The number of hydrazine groups is 1. The molecule has 2 aliphatic heterocycles. The molecule has 4 rings (SSSR count). The highest BCUT2D eigenvalue weighted by atomic mass is 35.5. The van der Waals surface area contributed by atoms with Crippen LogP contribution < -0.4 is 5.73 Å². The van der Waals surface area contributed by atoms with Gasteiger partial charge >= 0.3 is 11.9 Å². The van der Waals surface area contributed by atoms with Gasteiger partial charge in [-0.25, -0.2) is 0 Å². The summed E-state index contributed by atoms with van der Waals surface area (Å²) in [5.41, 5.74) is 7.52. The molecule has 2 aromatic rings. The van der Waals surface area contributed by atoms with E-state index < -0.39 is 11.7 Å². The van der Waals surface area contributed by atoms with Crippen LogP contribution in [0.15, 0.2) is 42.5 Å². The van der Waals surface area contributed by atoms with E-state index in [2.05, 4.69) is 4.90 Å². The van der Waals surface area contributed by atoms with Gasteiger partial charge in [-0.05, 0) is 24.3 Å². The molecule has 2 aromatic carbocycles. The molecule has 0 radical (unpaired) electrons. The second-order valence-electron chi connectivity index (χ2n) is 6.61. The quantitative estimate of drug-likeness (QED) is 0.775. The molecule has 0 aromatic heterocycles. The van der Waals surface area contributed by atoms with Gasteiger partial charge in [-0.3, -0.25) is 0 Å². The van der Waals surface area contributed by atoms with Gasteiger partial charge in [0.05, 0.1) is 21.7 Å². The molecule has 0 aliphatic carbocycles. The maximum atomic E-state index is 13.1. The summed E-state index contributed by atoms with van der Waals surface area (Å²) in [6.07, 6.45) is -4.52. The largest absolute Gasteiger partial charge is 0.416 e. The lowest BCUT2D eigenvalue weighted by Crippen LogP contribution is -2.42. The third-order valence-electron chi connectivity index (χ3n) is 4.90. The van der Waals surface area contributed by atoms with Crippen LogP contribution in [0, 0.1) is 4.91 Å². The summed E-state index contributed by atoms with van der Waals surface area (Å²) in [5.74, 6) is 0. The first-order chi connectivity index (χ1) is 13.3. The van der Waals surface area contributed by atoms with E-state index in [9.17, 15) is 18.1 Å². The standard InChI is InChI=1S/C19H17ClF3N4O/c20-14-4-1-12(2-5-14)17-18-15-6-3-13(19(21,22)23)11-16(15)27(28)26(18)10-9-25(17)8-7-24/h1-6,11H,7-10,24H2/q+1. The van der Waals surface area contributed by atoms with Gasteiger partial charge in [0, 0.05) is 36.3 Å². The number of hydrogen-bond donors (Lipinski definition) is 1. The Morgan fingerprint density at radius 1 is 1.07 bits per heavy atom. The Morgan fingerprint density at radius 3 is 2.43 bits per heavy atom. The van der Waals surface area contributed by atoms with Crippen molar-refractivity contribution in [3.8, 4) is 0 Å². The van der Waals surface area contributed by atoms with Gasteiger partial charge in [0.25, 0.3) is 0 Å². The molecule has 2 N–H and O–H groups in total. The number of rotatable bonds is 3. The first-order valence-corrected chi connectivity index (χ1v) is 9.10. The van der Waals surface area contributed by atoms with Crippen molar-refractivity contribution in [2.75, 3.05) is 26.2 Å². The fourth-order valence-corrected chi connectivity index (χ4v) is 3.79. The van der Waals surface area contributed by atoms with Crippen molar-refractivity contribution in [3.05, 3.63) is 69.1 Å². The van der Waals surface area contributed by atoms with Crippen LogP contribution in [0.25, 0.3) is 11.4 Å². The Labute approximate surface area is 164 Å². The van der Waals surface area contributed by atoms with Crippen LogP contribution in [0.5, 0.6) is 0 Å². The zero-order valence-electron chi connectivity index (χ0n) is 14.7. The van der Waals surface area contributed by atoms with Crippen LogP contribution in [0.2, 0.25) is 5.02 Å². The number of nitrogens with two attached hydrogens (primary N) is 1. The summed E-state index contributed by atoms with van der Waals surface area (Å²) in [7, 11) is 0. The van der Waals surface area contributed by atoms with E-state index in [1.54, 1.807) is 12.1 Å². The van der Waals surface area contributed by atoms with E-state index in [1.807, 2.05) is 12.1 Å². The van der Waals surface area contributed by atoms with Gasteiger partial charge in [-0.1, -0.05) is 28.7 Å². The predicted octanol–water partition coefficient (Wildman–Crippen LogP) is 4.10. The number of nitrogens with zero attached hydrogens (tertiary/aromatic N) is 3. The molecule has 0 atom stereocenters. The summed E-state index contributed by atoms with van der Waals surface area (Å²) in [4.78, 5) is 15.4. The highest BCUT2D eigenvalue weighted by Crippen LogP contribution is 2.46. The van der Waals surface area contributed by atoms with Gasteiger partial charge in [-0.15, -0.1) is 0 Å². The highest BCUT2D eigenvalue weighted by Gasteiger charge is 2.47. The smallest absolute Gasteiger partial charge is 0.366 e. The molecule has 2 heterocycles. The van der Waals surface area contributed by atoms with E-state index in [4.69, 9.17) is 17.3 Å². The van der Waals surface area contributed by atoms with Gasteiger partial charge in [0.2, 0.25) is 0 Å². The maximum Gasteiger partial charge on any atom is 0.416 e. The molecular weight excluding hydrogens is 393 g/mol. The third-order valence-corrected chi connectivity index (χ3v) is 5.15. The summed E-state index contributed by atoms with van der Waals surface area (Å²) < 4.78 is 39.3. The molecule has 28 heavy (non-hydrogen) atoms. The lowest BCUT2D eigenvalue weighted by Gasteiger charge is -2.33. The fourth-order valence-electron chi connectivity index (χ4n) is 3.66. The molecule has 146 valence electrons. The molecule has 2 aliphatic rings. The van der Waals surface area contributed by atoms with Crippen molar-refractivity contribution in [3.63, 3.8) is 0 Å². The Hall–Kier alpha value is -2.58. The number of nitroso groups, excluding NO2 is 1. The summed E-state index contributed by atoms with van der Waals surface area (Å²) in [6, 6.07) is 10.4. The van der Waals surface area contributed by atoms with E-state index in [0.717, 1.165) is 23.4 Å². The zero-order valence-corrected chi connectivity index (χ0v) is 15.5. The van der Waals surface area contributed by atoms with Crippen molar-refractivity contribution in [2.45, 2.75) is 6.18 Å². The van der Waals surface area contributed by atoms with Crippen molar-refractivity contribution in [2.24, 2.45) is 5.73 Å². The second-order valence-corrected chi connectivity index (χ2v) is 7.04. The molecule has 0 spiro atoms. The van der Waals surface area contributed by atoms with E-state index >= 15 is 0 Å². The Morgan fingerprint density at radius 2 is 1.79 bits per heavy atom. The van der Waals surface area contributed by atoms with Gasteiger partial charge in [0.1, 0.15) is 12.2 Å². The van der Waals surface area contributed by atoms with Crippen LogP contribution in [0.3, 0.4) is 0 Å². The molecule has 5 nitrogen and oxygen atoms in total. The maximum absolute atomic E-state index is 13.1. The number of fused-ring (bicyclic) bond motifs is 3. The lowest BCUT2D eigenvalue weighted by atomic mass is 10.0. The number of alkyl halides is 3. The Kier molecular flexibility index (Phi) is 4.55. The minimum atomic E-state index is -4.52. The monoisotopic (exact) mass is 409 g/mol. The highest BCUT2D eigenvalue weighted by molar-refractivity contribution is 6.30. The Balaban J connectivity index is 1.94. The van der Waals surface area contributed by atoms with Crippen LogP contribution in [-0.4, -0.2) is 41.0 Å². The molecule has 0 saturated carbocycles. The van der Waals surface area contributed by atoms with Crippen molar-refractivity contribution in [1.29, 1.82) is 0 Å². The molecule has 0 fully saturated rings. The normalized spacial score (nSPS) is 16.5. The molecular formula is C19H17ClF3N4O+. The van der Waals surface area contributed by atoms with Crippen molar-refractivity contribution < 1.29 is 18.0 Å². The minimum absolute atomic E-state index is 0.00844. The number of benzene rings is 2. The summed E-state index contributed by atoms with van der Waals surface area (Å²) in [6.45, 7) is 1.85. The predicted molar refractivity (Wildman–Crippen MR) is 100 cm³/mol. The topological polar surface area (TPSA) is 52.6 Å². The average molecular weight is 410 g/mol. The van der Waals surface area contributed by atoms with E-state index in [1.165, 1.54) is 11.1 Å². The van der Waals surface area contributed by atoms with Crippen molar-refractivity contribution in [1.82, 2.24) is 9.91 Å². The number of hydrogen-bond acceptors (Lipinski definition) is 3. The van der Waals surface area contributed by atoms with Crippen LogP contribution >= 0.6 is 11.6 Å². The van der Waals surface area contributed by atoms with Crippen molar-refractivity contribution >= 4 is 28.7 Å². The van der Waals surface area contributed by atoms with Crippen LogP contribution in [0.4, 0.5) is 18.9 Å². The van der Waals surface area contributed by atoms with Crippen LogP contribution in [0.1, 0.15) is 16.7 Å². The zero-order chi connectivity index (χ0) is 20.1. The first-order valence-electron chi connectivity index (χ1n) is 8.73. The first kappa shape index (κ1) is 18.8.